The molecule has 1 N–H and O–H groups in total. The molecule has 36 heavy (non-hydrogen) atoms. The van der Waals surface area contributed by atoms with E-state index < -0.39 is 0 Å². The molecule has 0 fully saturated rings. The summed E-state index contributed by atoms with van der Waals surface area (Å²) < 4.78 is 26.5. The Morgan fingerprint density at radius 2 is 1.92 bits per heavy atom. The molecule has 3 heterocycles. The minimum absolute atomic E-state index is 0.182. The highest BCUT2D eigenvalue weighted by molar-refractivity contribution is 6.13. The molecule has 3 aromatic carbocycles. The molecule has 5 aromatic rings. The molecule has 1 aliphatic heterocycles. The molecule has 0 radical (unpaired) electrons. The maximum absolute atomic E-state index is 14.0. The number of fused-ring (bicyclic) bond motifs is 2. The average molecular weight is 480 g/mol. The van der Waals surface area contributed by atoms with Gasteiger partial charge in [-0.2, -0.15) is 5.10 Å². The Kier molecular flexibility index (Phi) is 5.33. The van der Waals surface area contributed by atoms with Gasteiger partial charge in [0.05, 0.1) is 35.2 Å². The van der Waals surface area contributed by atoms with Crippen molar-refractivity contribution in [2.45, 2.75) is 13.5 Å². The van der Waals surface area contributed by atoms with Crippen LogP contribution in [-0.2, 0) is 6.54 Å². The summed E-state index contributed by atoms with van der Waals surface area (Å²) in [5.74, 6) is 0.737. The first-order chi connectivity index (χ1) is 17.5. The van der Waals surface area contributed by atoms with Crippen molar-refractivity contribution in [2.24, 2.45) is 0 Å². The number of amides is 1. The van der Waals surface area contributed by atoms with Crippen molar-refractivity contribution >= 4 is 22.5 Å². The third-order valence-corrected chi connectivity index (χ3v) is 6.06. The third kappa shape index (κ3) is 4.13. The van der Waals surface area contributed by atoms with Crippen LogP contribution in [0.5, 0.6) is 11.5 Å². The molecule has 7 nitrogen and oxygen atoms in total. The van der Waals surface area contributed by atoms with Gasteiger partial charge in [-0.05, 0) is 49.4 Å². The number of nitrogens with one attached hydrogen (secondary N) is 1. The summed E-state index contributed by atoms with van der Waals surface area (Å²) in [5, 5.41) is 7.94. The van der Waals surface area contributed by atoms with Gasteiger partial charge in [0, 0.05) is 22.7 Å². The van der Waals surface area contributed by atoms with Crippen LogP contribution in [0.15, 0.2) is 79.1 Å². The number of pyridine rings is 1. The van der Waals surface area contributed by atoms with Gasteiger partial charge in [0.2, 0.25) is 6.79 Å². The van der Waals surface area contributed by atoms with E-state index in [2.05, 4.69) is 10.4 Å². The zero-order valence-electron chi connectivity index (χ0n) is 19.4. The van der Waals surface area contributed by atoms with Crippen molar-refractivity contribution in [3.05, 3.63) is 102 Å². The number of rotatable bonds is 5. The molecular weight excluding hydrogens is 459 g/mol. The highest BCUT2D eigenvalue weighted by atomic mass is 19.1. The number of aryl methyl sites for hydroxylation is 1. The molecule has 0 aliphatic carbocycles. The Labute approximate surface area is 206 Å². The summed E-state index contributed by atoms with van der Waals surface area (Å²) in [7, 11) is 0. The van der Waals surface area contributed by atoms with E-state index in [-0.39, 0.29) is 25.1 Å². The molecule has 0 bridgehead atoms. The standard InChI is InChI=1S/C28H21FN4O3/c1-17-6-8-24-21(10-17)22(12-25(32-24)18-7-9-26-27(11-18)36-16-35-26)28(34)31-20-13-30-33(15-20)14-19-4-2-3-5-23(19)29/h2-13,15H,14,16H2,1H3,(H,31,34). The zero-order valence-corrected chi connectivity index (χ0v) is 19.4. The third-order valence-electron chi connectivity index (χ3n) is 6.06. The van der Waals surface area contributed by atoms with Gasteiger partial charge < -0.3 is 14.8 Å². The minimum atomic E-state index is -0.298. The number of hydrogen-bond acceptors (Lipinski definition) is 5. The first-order valence-electron chi connectivity index (χ1n) is 11.4. The lowest BCUT2D eigenvalue weighted by molar-refractivity contribution is 0.102. The topological polar surface area (TPSA) is 78.3 Å². The number of halogens is 1. The van der Waals surface area contributed by atoms with Crippen molar-refractivity contribution in [1.82, 2.24) is 14.8 Å². The molecule has 0 spiro atoms. The van der Waals surface area contributed by atoms with Gasteiger partial charge in [0.25, 0.3) is 5.91 Å². The van der Waals surface area contributed by atoms with Gasteiger partial charge in [-0.15, -0.1) is 0 Å². The summed E-state index contributed by atoms with van der Waals surface area (Å²) in [5.41, 5.74) is 4.70. The highest BCUT2D eigenvalue weighted by Crippen LogP contribution is 2.36. The Morgan fingerprint density at radius 1 is 1.06 bits per heavy atom. The van der Waals surface area contributed by atoms with Gasteiger partial charge in [-0.1, -0.05) is 29.8 Å². The molecule has 178 valence electrons. The van der Waals surface area contributed by atoms with E-state index in [0.29, 0.717) is 39.5 Å². The molecule has 0 unspecified atom stereocenters. The largest absolute Gasteiger partial charge is 0.454 e. The van der Waals surface area contributed by atoms with Crippen LogP contribution >= 0.6 is 0 Å². The molecule has 0 saturated carbocycles. The van der Waals surface area contributed by atoms with Crippen molar-refractivity contribution in [2.75, 3.05) is 12.1 Å². The van der Waals surface area contributed by atoms with Gasteiger partial charge in [-0.3, -0.25) is 9.48 Å². The van der Waals surface area contributed by atoms with Crippen molar-refractivity contribution < 1.29 is 18.7 Å². The van der Waals surface area contributed by atoms with Gasteiger partial charge in [-0.25, -0.2) is 9.37 Å². The summed E-state index contributed by atoms with van der Waals surface area (Å²) >= 11 is 0. The van der Waals surface area contributed by atoms with Crippen LogP contribution in [-0.4, -0.2) is 27.5 Å². The number of anilines is 1. The lowest BCUT2D eigenvalue weighted by Crippen LogP contribution is -2.13. The van der Waals surface area contributed by atoms with Crippen molar-refractivity contribution in [3.8, 4) is 22.8 Å². The first kappa shape index (κ1) is 21.8. The smallest absolute Gasteiger partial charge is 0.256 e. The number of carbonyl (C=O) groups is 1. The molecular formula is C28H21FN4O3. The molecule has 8 heteroatoms. The Balaban J connectivity index is 1.33. The second-order valence-electron chi connectivity index (χ2n) is 8.62. The van der Waals surface area contributed by atoms with E-state index in [1.165, 1.54) is 6.07 Å². The monoisotopic (exact) mass is 480 g/mol. The molecule has 0 saturated heterocycles. The lowest BCUT2D eigenvalue weighted by atomic mass is 10.0. The molecule has 2 aromatic heterocycles. The van der Waals surface area contributed by atoms with E-state index in [9.17, 15) is 9.18 Å². The normalized spacial score (nSPS) is 12.2. The highest BCUT2D eigenvalue weighted by Gasteiger charge is 2.18. The maximum Gasteiger partial charge on any atom is 0.256 e. The number of nitrogens with zero attached hydrogens (tertiary/aromatic N) is 3. The number of benzene rings is 3. The first-order valence-corrected chi connectivity index (χ1v) is 11.4. The van der Waals surface area contributed by atoms with E-state index in [1.807, 2.05) is 43.3 Å². The maximum atomic E-state index is 14.0. The Morgan fingerprint density at radius 3 is 2.81 bits per heavy atom. The minimum Gasteiger partial charge on any atom is -0.454 e. The fourth-order valence-corrected chi connectivity index (χ4v) is 4.25. The van der Waals surface area contributed by atoms with Gasteiger partial charge in [0.1, 0.15) is 5.82 Å². The number of carbonyl (C=O) groups excluding carboxylic acids is 1. The number of ether oxygens (including phenoxy) is 2. The summed E-state index contributed by atoms with van der Waals surface area (Å²) in [6, 6.07) is 19.7. The summed E-state index contributed by atoms with van der Waals surface area (Å²) in [6.07, 6.45) is 3.23. The van der Waals surface area contributed by atoms with Crippen LogP contribution in [0.4, 0.5) is 10.1 Å². The molecule has 6 rings (SSSR count). The second-order valence-corrected chi connectivity index (χ2v) is 8.62. The van der Waals surface area contributed by atoms with Gasteiger partial charge >= 0.3 is 0 Å². The van der Waals surface area contributed by atoms with E-state index >= 15 is 0 Å². The number of hydrogen-bond donors (Lipinski definition) is 1. The SMILES string of the molecule is Cc1ccc2nc(-c3ccc4c(c3)OCO4)cc(C(=O)Nc3cnn(Cc4ccccc4F)c3)c2c1. The Hall–Kier alpha value is -4.72. The van der Waals surface area contributed by atoms with E-state index in [1.54, 1.807) is 41.3 Å². The van der Waals surface area contributed by atoms with Crippen LogP contribution < -0.4 is 14.8 Å². The molecule has 0 atom stereocenters. The quantitative estimate of drug-likeness (QED) is 0.356. The van der Waals surface area contributed by atoms with Crippen LogP contribution in [0.25, 0.3) is 22.2 Å². The van der Waals surface area contributed by atoms with Crippen LogP contribution in [0, 0.1) is 12.7 Å². The van der Waals surface area contributed by atoms with Crippen molar-refractivity contribution in [1.29, 1.82) is 0 Å². The lowest BCUT2D eigenvalue weighted by Gasteiger charge is -2.11. The molecule has 1 aliphatic rings. The number of aromatic nitrogens is 3. The van der Waals surface area contributed by atoms with Crippen LogP contribution in [0.1, 0.15) is 21.5 Å². The second kappa shape index (κ2) is 8.81. The van der Waals surface area contributed by atoms with Crippen molar-refractivity contribution in [3.63, 3.8) is 0 Å². The summed E-state index contributed by atoms with van der Waals surface area (Å²) in [6.45, 7) is 2.41. The predicted molar refractivity (Wildman–Crippen MR) is 134 cm³/mol. The van der Waals surface area contributed by atoms with Crippen LogP contribution in [0.2, 0.25) is 0 Å². The average Bonchev–Trinajstić information content (AvgIpc) is 3.53. The molecule has 1 amide bonds. The predicted octanol–water partition coefficient (Wildman–Crippen LogP) is 5.58. The van der Waals surface area contributed by atoms with E-state index in [0.717, 1.165) is 16.5 Å². The fourth-order valence-electron chi connectivity index (χ4n) is 4.25. The Bertz CT molecular complexity index is 1630. The fraction of sp³-hybridized carbons (Fsp3) is 0.107. The summed E-state index contributed by atoms with van der Waals surface area (Å²) in [4.78, 5) is 18.2. The van der Waals surface area contributed by atoms with Crippen LogP contribution in [0.3, 0.4) is 0 Å². The zero-order chi connectivity index (χ0) is 24.6. The van der Waals surface area contributed by atoms with E-state index in [4.69, 9.17) is 14.5 Å². The van der Waals surface area contributed by atoms with Gasteiger partial charge in [0.15, 0.2) is 11.5 Å².